The highest BCUT2D eigenvalue weighted by atomic mass is 32.1. The molecule has 3 amide bonds. The molecule has 1 aromatic heterocycles. The van der Waals surface area contributed by atoms with Crippen molar-refractivity contribution in [2.75, 3.05) is 16.8 Å². The predicted octanol–water partition coefficient (Wildman–Crippen LogP) is 3.89. The lowest BCUT2D eigenvalue weighted by molar-refractivity contribution is -0.121. The zero-order valence-corrected chi connectivity index (χ0v) is 18.0. The van der Waals surface area contributed by atoms with E-state index in [4.69, 9.17) is 4.74 Å². The third-order valence-corrected chi connectivity index (χ3v) is 5.75. The number of esters is 1. The van der Waals surface area contributed by atoms with Crippen LogP contribution in [-0.4, -0.2) is 35.3 Å². The summed E-state index contributed by atoms with van der Waals surface area (Å²) in [4.78, 5) is 54.7. The van der Waals surface area contributed by atoms with Gasteiger partial charge < -0.3 is 4.74 Å². The summed E-state index contributed by atoms with van der Waals surface area (Å²) < 4.78 is 5.13. The number of nitrogens with one attached hydrogen (secondary N) is 1. The summed E-state index contributed by atoms with van der Waals surface area (Å²) in [5.74, 6) is -1.45. The smallest absolute Gasteiger partial charge is 0.350 e. The van der Waals surface area contributed by atoms with Gasteiger partial charge in [0.1, 0.15) is 4.88 Å². The van der Waals surface area contributed by atoms with Crippen molar-refractivity contribution < 1.29 is 23.9 Å². The van der Waals surface area contributed by atoms with Crippen molar-refractivity contribution in [2.24, 2.45) is 0 Å². The second-order valence-electron chi connectivity index (χ2n) is 6.91. The molecule has 1 aliphatic heterocycles. The van der Waals surface area contributed by atoms with E-state index in [9.17, 15) is 19.2 Å². The summed E-state index contributed by atoms with van der Waals surface area (Å²) in [7, 11) is 0. The molecular weight excluding hydrogens is 430 g/mol. The largest absolute Gasteiger partial charge is 0.462 e. The van der Waals surface area contributed by atoms with Crippen molar-refractivity contribution in [3.05, 3.63) is 65.0 Å². The van der Waals surface area contributed by atoms with E-state index in [2.05, 4.69) is 10.3 Å². The topological polar surface area (TPSA) is 106 Å². The first-order valence-corrected chi connectivity index (χ1v) is 10.8. The van der Waals surface area contributed by atoms with Crippen LogP contribution in [0.25, 0.3) is 11.3 Å². The van der Waals surface area contributed by atoms with Crippen LogP contribution in [-0.2, 0) is 14.3 Å². The molecular formula is C23H19N3O5S. The van der Waals surface area contributed by atoms with Crippen LogP contribution in [0.2, 0.25) is 0 Å². The maximum atomic E-state index is 12.7. The fourth-order valence-electron chi connectivity index (χ4n) is 3.30. The number of carbonyl (C=O) groups excluding carboxylic acids is 4. The normalized spacial score (nSPS) is 13.3. The lowest BCUT2D eigenvalue weighted by atomic mass is 10.1. The predicted molar refractivity (Wildman–Crippen MR) is 120 cm³/mol. The molecule has 0 unspecified atom stereocenters. The Morgan fingerprint density at radius 2 is 1.69 bits per heavy atom. The van der Waals surface area contributed by atoms with Crippen LogP contribution < -0.4 is 10.2 Å². The average Bonchev–Trinajstić information content (AvgIpc) is 3.37. The van der Waals surface area contributed by atoms with Gasteiger partial charge in [-0.3, -0.25) is 24.6 Å². The fraction of sp³-hybridized carbons (Fsp3) is 0.174. The molecule has 9 heteroatoms. The summed E-state index contributed by atoms with van der Waals surface area (Å²) in [5.41, 5.74) is 1.92. The van der Waals surface area contributed by atoms with Gasteiger partial charge in [-0.15, -0.1) is 0 Å². The summed E-state index contributed by atoms with van der Waals surface area (Å²) >= 11 is 1.03. The maximum Gasteiger partial charge on any atom is 0.350 e. The molecule has 0 spiro atoms. The van der Waals surface area contributed by atoms with Gasteiger partial charge in [0.25, 0.3) is 5.91 Å². The molecule has 0 aliphatic carbocycles. The molecule has 3 aromatic rings. The van der Waals surface area contributed by atoms with Crippen LogP contribution in [0.5, 0.6) is 0 Å². The van der Waals surface area contributed by atoms with Gasteiger partial charge in [0.2, 0.25) is 11.8 Å². The van der Waals surface area contributed by atoms with E-state index < -0.39 is 11.9 Å². The zero-order chi connectivity index (χ0) is 22.7. The quantitative estimate of drug-likeness (QED) is 0.452. The maximum absolute atomic E-state index is 12.7. The number of benzene rings is 2. The molecule has 0 saturated carbocycles. The number of aromatic nitrogens is 1. The number of nitrogens with zero attached hydrogens (tertiary/aromatic N) is 2. The standard InChI is InChI=1S/C23H19N3O5S/c1-2-31-22(30)20-19(14-6-4-3-5-7-14)24-23(32-20)25-21(29)15-8-10-16(11-9-15)26-17(27)12-13-18(26)28/h3-11H,2,12-13H2,1H3,(H,24,25,29). The molecule has 0 atom stereocenters. The molecule has 0 radical (unpaired) electrons. The summed E-state index contributed by atoms with van der Waals surface area (Å²) in [6.45, 7) is 1.94. The molecule has 8 nitrogen and oxygen atoms in total. The van der Waals surface area contributed by atoms with Crippen molar-refractivity contribution in [3.63, 3.8) is 0 Å². The Hall–Kier alpha value is -3.85. The van der Waals surface area contributed by atoms with Crippen molar-refractivity contribution in [3.8, 4) is 11.3 Å². The molecule has 1 saturated heterocycles. The Kier molecular flexibility index (Phi) is 6.09. The first kappa shape index (κ1) is 21.4. The number of carbonyl (C=O) groups is 4. The molecule has 162 valence electrons. The number of hydrogen-bond donors (Lipinski definition) is 1. The van der Waals surface area contributed by atoms with Crippen molar-refractivity contribution >= 4 is 45.8 Å². The van der Waals surface area contributed by atoms with Gasteiger partial charge >= 0.3 is 5.97 Å². The minimum atomic E-state index is -0.506. The second-order valence-corrected chi connectivity index (χ2v) is 7.91. The first-order chi connectivity index (χ1) is 15.5. The van der Waals surface area contributed by atoms with Gasteiger partial charge in [0, 0.05) is 24.0 Å². The number of ether oxygens (including phenoxy) is 1. The number of hydrogen-bond acceptors (Lipinski definition) is 7. The van der Waals surface area contributed by atoms with E-state index >= 15 is 0 Å². The number of imide groups is 1. The minimum Gasteiger partial charge on any atom is -0.462 e. The Bertz CT molecular complexity index is 1170. The van der Waals surface area contributed by atoms with Crippen molar-refractivity contribution in [2.45, 2.75) is 19.8 Å². The van der Waals surface area contributed by atoms with E-state index in [0.717, 1.165) is 21.8 Å². The van der Waals surface area contributed by atoms with Gasteiger partial charge in [-0.25, -0.2) is 9.78 Å². The first-order valence-electron chi connectivity index (χ1n) is 9.98. The van der Waals surface area contributed by atoms with E-state index in [1.165, 1.54) is 12.1 Å². The van der Waals surface area contributed by atoms with Gasteiger partial charge in [-0.05, 0) is 31.2 Å². The monoisotopic (exact) mass is 449 g/mol. The van der Waals surface area contributed by atoms with Crippen LogP contribution >= 0.6 is 11.3 Å². The summed E-state index contributed by atoms with van der Waals surface area (Å²) in [6.07, 6.45) is 0.384. The van der Waals surface area contributed by atoms with Gasteiger partial charge in [0.05, 0.1) is 18.0 Å². The highest BCUT2D eigenvalue weighted by Gasteiger charge is 2.30. The summed E-state index contributed by atoms with van der Waals surface area (Å²) in [5, 5.41) is 2.96. The lowest BCUT2D eigenvalue weighted by Crippen LogP contribution is -2.28. The van der Waals surface area contributed by atoms with E-state index in [1.54, 1.807) is 19.1 Å². The highest BCUT2D eigenvalue weighted by molar-refractivity contribution is 7.18. The molecule has 32 heavy (non-hydrogen) atoms. The van der Waals surface area contributed by atoms with Gasteiger partial charge in [0.15, 0.2) is 5.13 Å². The lowest BCUT2D eigenvalue weighted by Gasteiger charge is -2.13. The Morgan fingerprint density at radius 1 is 1.03 bits per heavy atom. The zero-order valence-electron chi connectivity index (χ0n) is 17.2. The highest BCUT2D eigenvalue weighted by Crippen LogP contribution is 2.32. The van der Waals surface area contributed by atoms with E-state index in [0.29, 0.717) is 21.8 Å². The third-order valence-electron chi connectivity index (χ3n) is 4.79. The molecule has 1 fully saturated rings. The second kappa shape index (κ2) is 9.11. The molecule has 4 rings (SSSR count). The van der Waals surface area contributed by atoms with Crippen LogP contribution in [0.1, 0.15) is 39.8 Å². The van der Waals surface area contributed by atoms with Gasteiger partial charge in [-0.1, -0.05) is 41.7 Å². The molecule has 0 bridgehead atoms. The number of amides is 3. The molecule has 2 aromatic carbocycles. The Morgan fingerprint density at radius 3 is 2.31 bits per heavy atom. The summed E-state index contributed by atoms with van der Waals surface area (Å²) in [6, 6.07) is 15.3. The van der Waals surface area contributed by atoms with E-state index in [-0.39, 0.29) is 36.4 Å². The number of anilines is 2. The fourth-order valence-corrected chi connectivity index (χ4v) is 4.17. The molecule has 2 heterocycles. The van der Waals surface area contributed by atoms with Gasteiger partial charge in [-0.2, -0.15) is 0 Å². The van der Waals surface area contributed by atoms with Crippen LogP contribution in [0.4, 0.5) is 10.8 Å². The molecule has 1 aliphatic rings. The van der Waals surface area contributed by atoms with Crippen molar-refractivity contribution in [1.29, 1.82) is 0 Å². The van der Waals surface area contributed by atoms with Crippen LogP contribution in [0.15, 0.2) is 54.6 Å². The Balaban J connectivity index is 1.56. The third kappa shape index (κ3) is 4.28. The number of thiazole rings is 1. The SMILES string of the molecule is CCOC(=O)c1sc(NC(=O)c2ccc(N3C(=O)CCC3=O)cc2)nc1-c1ccccc1. The van der Waals surface area contributed by atoms with Crippen LogP contribution in [0.3, 0.4) is 0 Å². The molecule has 1 N–H and O–H groups in total. The number of rotatable bonds is 6. The van der Waals surface area contributed by atoms with E-state index in [1.807, 2.05) is 30.3 Å². The minimum absolute atomic E-state index is 0.192. The Labute approximate surface area is 187 Å². The van der Waals surface area contributed by atoms with Crippen molar-refractivity contribution in [1.82, 2.24) is 4.98 Å². The average molecular weight is 449 g/mol. The van der Waals surface area contributed by atoms with Crippen LogP contribution in [0, 0.1) is 0 Å².